The summed E-state index contributed by atoms with van der Waals surface area (Å²) in [6.45, 7) is 4.25. The van der Waals surface area contributed by atoms with Gasteiger partial charge < -0.3 is 10.0 Å². The molecule has 4 rings (SSSR count). The van der Waals surface area contributed by atoms with Crippen molar-refractivity contribution in [2.75, 3.05) is 0 Å². The minimum Gasteiger partial charge on any atom is -0.480 e. The monoisotopic (exact) mass is 450 g/mol. The number of benzene rings is 2. The Bertz CT molecular complexity index is 1020. The third-order valence-electron chi connectivity index (χ3n) is 7.56. The smallest absolute Gasteiger partial charge is 0.328 e. The van der Waals surface area contributed by atoms with Gasteiger partial charge in [0, 0.05) is 6.54 Å². The molecule has 2 fully saturated rings. The van der Waals surface area contributed by atoms with Crippen molar-refractivity contribution < 1.29 is 19.5 Å². The summed E-state index contributed by atoms with van der Waals surface area (Å²) < 4.78 is 0. The molecule has 6 heteroatoms. The van der Waals surface area contributed by atoms with Crippen LogP contribution in [0.4, 0.5) is 4.79 Å². The molecule has 176 valence electrons. The van der Waals surface area contributed by atoms with Crippen LogP contribution < -0.4 is 0 Å². The number of carbonyl (C=O) groups excluding carboxylic acids is 2. The van der Waals surface area contributed by atoms with Crippen LogP contribution >= 0.6 is 0 Å². The second kappa shape index (κ2) is 9.94. The molecule has 2 aliphatic rings. The van der Waals surface area contributed by atoms with E-state index in [4.69, 9.17) is 0 Å². The van der Waals surface area contributed by atoms with Gasteiger partial charge in [-0.2, -0.15) is 0 Å². The van der Waals surface area contributed by atoms with Crippen LogP contribution in [0.5, 0.6) is 0 Å². The molecule has 1 N–H and O–H groups in total. The lowest BCUT2D eigenvalue weighted by Crippen LogP contribution is -2.47. The van der Waals surface area contributed by atoms with Gasteiger partial charge in [-0.15, -0.1) is 0 Å². The summed E-state index contributed by atoms with van der Waals surface area (Å²) in [6, 6.07) is 11.7. The number of urea groups is 1. The first-order valence-corrected chi connectivity index (χ1v) is 12.3. The van der Waals surface area contributed by atoms with E-state index in [0.29, 0.717) is 6.42 Å². The first-order chi connectivity index (χ1) is 15.9. The van der Waals surface area contributed by atoms with Crippen LogP contribution in [0, 0.1) is 11.8 Å². The Kier molecular flexibility index (Phi) is 7.01. The number of hydrogen-bond acceptors (Lipinski definition) is 3. The van der Waals surface area contributed by atoms with Gasteiger partial charge in [-0.05, 0) is 34.6 Å². The van der Waals surface area contributed by atoms with Crippen molar-refractivity contribution in [1.82, 2.24) is 9.80 Å². The summed E-state index contributed by atoms with van der Waals surface area (Å²) in [5, 5.41) is 12.1. The number of aliphatic carboxylic acids is 1. The average Bonchev–Trinajstić information content (AvgIpc) is 3.07. The number of imide groups is 1. The molecule has 3 amide bonds. The van der Waals surface area contributed by atoms with Gasteiger partial charge in [0.2, 0.25) is 0 Å². The molecule has 0 radical (unpaired) electrons. The van der Waals surface area contributed by atoms with Crippen LogP contribution in [0.1, 0.15) is 64.4 Å². The molecule has 0 bridgehead atoms. The van der Waals surface area contributed by atoms with Crippen molar-refractivity contribution in [3.63, 3.8) is 0 Å². The minimum absolute atomic E-state index is 0.0643. The number of hydrogen-bond donors (Lipinski definition) is 1. The Morgan fingerprint density at radius 2 is 1.76 bits per heavy atom. The van der Waals surface area contributed by atoms with Crippen LogP contribution in [-0.2, 0) is 16.1 Å². The molecule has 1 aliphatic carbocycles. The Balaban J connectivity index is 1.66. The third-order valence-corrected chi connectivity index (χ3v) is 7.56. The van der Waals surface area contributed by atoms with Crippen molar-refractivity contribution in [3.05, 3.63) is 48.0 Å². The van der Waals surface area contributed by atoms with E-state index in [1.165, 1.54) is 6.42 Å². The third kappa shape index (κ3) is 4.61. The molecule has 1 aliphatic heterocycles. The molecule has 2 aromatic carbocycles. The summed E-state index contributed by atoms with van der Waals surface area (Å²) in [7, 11) is 0. The molecule has 3 unspecified atom stereocenters. The first kappa shape index (κ1) is 23.3. The zero-order chi connectivity index (χ0) is 23.5. The van der Waals surface area contributed by atoms with E-state index in [2.05, 4.69) is 0 Å². The number of fused-ring (bicyclic) bond motifs is 1. The van der Waals surface area contributed by atoms with Crippen LogP contribution in [0.2, 0.25) is 0 Å². The van der Waals surface area contributed by atoms with Crippen molar-refractivity contribution in [1.29, 1.82) is 0 Å². The maximum Gasteiger partial charge on any atom is 0.328 e. The summed E-state index contributed by atoms with van der Waals surface area (Å²) in [6.07, 6.45) is 6.35. The highest BCUT2D eigenvalue weighted by atomic mass is 16.4. The lowest BCUT2D eigenvalue weighted by molar-refractivity contribution is -0.148. The molecule has 33 heavy (non-hydrogen) atoms. The molecule has 1 saturated carbocycles. The zero-order valence-corrected chi connectivity index (χ0v) is 19.6. The predicted octanol–water partition coefficient (Wildman–Crippen LogP) is 5.44. The normalized spacial score (nSPS) is 21.6. The van der Waals surface area contributed by atoms with E-state index in [1.807, 2.05) is 56.3 Å². The fraction of sp³-hybridized carbons (Fsp3) is 0.519. The fourth-order valence-corrected chi connectivity index (χ4v) is 5.52. The zero-order valence-electron chi connectivity index (χ0n) is 19.6. The van der Waals surface area contributed by atoms with Gasteiger partial charge in [0.15, 0.2) is 0 Å². The Morgan fingerprint density at radius 1 is 1.06 bits per heavy atom. The largest absolute Gasteiger partial charge is 0.480 e. The summed E-state index contributed by atoms with van der Waals surface area (Å²) in [5.41, 5.74) is 0.962. The van der Waals surface area contributed by atoms with E-state index in [1.54, 1.807) is 4.90 Å². The lowest BCUT2D eigenvalue weighted by Gasteiger charge is -2.28. The van der Waals surface area contributed by atoms with Crippen molar-refractivity contribution in [2.45, 2.75) is 77.4 Å². The van der Waals surface area contributed by atoms with Crippen LogP contribution in [0.15, 0.2) is 42.5 Å². The van der Waals surface area contributed by atoms with Gasteiger partial charge in [-0.3, -0.25) is 4.79 Å². The quantitative estimate of drug-likeness (QED) is 0.543. The van der Waals surface area contributed by atoms with Crippen molar-refractivity contribution in [2.24, 2.45) is 11.8 Å². The summed E-state index contributed by atoms with van der Waals surface area (Å²) in [5.74, 6) is -1.27. The minimum atomic E-state index is -1.10. The first-order valence-electron chi connectivity index (χ1n) is 12.3. The van der Waals surface area contributed by atoms with Gasteiger partial charge in [0.1, 0.15) is 12.1 Å². The molecule has 0 aromatic heterocycles. The van der Waals surface area contributed by atoms with Crippen molar-refractivity contribution in [3.8, 4) is 0 Å². The Labute approximate surface area is 195 Å². The number of amides is 3. The van der Waals surface area contributed by atoms with E-state index in [9.17, 15) is 19.5 Å². The number of nitrogens with zero attached hydrogens (tertiary/aromatic N) is 2. The highest BCUT2D eigenvalue weighted by molar-refractivity contribution is 6.07. The Hall–Kier alpha value is -2.89. The molecular weight excluding hydrogens is 416 g/mol. The highest BCUT2D eigenvalue weighted by Gasteiger charge is 2.51. The SMILES string of the molecule is CCC(C)C1C(=O)N(C(CC2CCCCC2)C(=O)O)C(=O)N1Cc1cccc2ccccc12. The van der Waals surface area contributed by atoms with Gasteiger partial charge >= 0.3 is 12.0 Å². The van der Waals surface area contributed by atoms with Crippen LogP contribution in [0.3, 0.4) is 0 Å². The molecule has 1 heterocycles. The van der Waals surface area contributed by atoms with E-state index in [-0.39, 0.29) is 24.3 Å². The van der Waals surface area contributed by atoms with Gasteiger partial charge in [0.05, 0.1) is 0 Å². The second-order valence-corrected chi connectivity index (χ2v) is 9.68. The molecule has 6 nitrogen and oxygen atoms in total. The topological polar surface area (TPSA) is 77.9 Å². The van der Waals surface area contributed by atoms with E-state index in [0.717, 1.165) is 53.3 Å². The van der Waals surface area contributed by atoms with Crippen LogP contribution in [0.25, 0.3) is 10.8 Å². The van der Waals surface area contributed by atoms with Gasteiger partial charge in [-0.25, -0.2) is 14.5 Å². The second-order valence-electron chi connectivity index (χ2n) is 9.68. The van der Waals surface area contributed by atoms with Gasteiger partial charge in [-0.1, -0.05) is 94.8 Å². The molecule has 2 aromatic rings. The lowest BCUT2D eigenvalue weighted by atomic mass is 9.84. The van der Waals surface area contributed by atoms with Crippen LogP contribution in [-0.4, -0.2) is 44.9 Å². The standard InChI is InChI=1S/C27H34N2O4/c1-3-18(2)24-25(30)29(23(26(31)32)16-19-10-5-4-6-11-19)27(33)28(24)17-21-14-9-13-20-12-7-8-15-22(20)21/h7-9,12-15,18-19,23-24H,3-6,10-11,16-17H2,1-2H3,(H,31,32). The number of rotatable bonds is 8. The van der Waals surface area contributed by atoms with E-state index >= 15 is 0 Å². The summed E-state index contributed by atoms with van der Waals surface area (Å²) in [4.78, 5) is 42.2. The molecule has 3 atom stereocenters. The number of carboxylic acids is 1. The van der Waals surface area contributed by atoms with E-state index < -0.39 is 24.1 Å². The highest BCUT2D eigenvalue weighted by Crippen LogP contribution is 2.34. The number of carbonyl (C=O) groups is 3. The molecule has 1 saturated heterocycles. The maximum absolute atomic E-state index is 13.6. The molecule has 0 spiro atoms. The average molecular weight is 451 g/mol. The predicted molar refractivity (Wildman–Crippen MR) is 128 cm³/mol. The summed E-state index contributed by atoms with van der Waals surface area (Å²) >= 11 is 0. The number of carboxylic acid groups (broad SMARTS) is 1. The maximum atomic E-state index is 13.6. The Morgan fingerprint density at radius 3 is 2.45 bits per heavy atom. The van der Waals surface area contributed by atoms with Gasteiger partial charge in [0.25, 0.3) is 5.91 Å². The molecular formula is C27H34N2O4. The fourth-order valence-electron chi connectivity index (χ4n) is 5.52. The van der Waals surface area contributed by atoms with Crippen molar-refractivity contribution >= 4 is 28.7 Å².